The van der Waals surface area contributed by atoms with Crippen LogP contribution in [0.15, 0.2) is 54.9 Å². The molecule has 0 N–H and O–H groups in total. The quantitative estimate of drug-likeness (QED) is 0.733. The van der Waals surface area contributed by atoms with E-state index in [9.17, 15) is 5.26 Å². The number of benzene rings is 1. The number of rotatable bonds is 3. The second kappa shape index (κ2) is 6.29. The highest BCUT2D eigenvalue weighted by Crippen LogP contribution is 2.33. The van der Waals surface area contributed by atoms with Gasteiger partial charge < -0.3 is 4.74 Å². The molecule has 0 amide bonds. The Bertz CT molecular complexity index is 866. The molecule has 4 heteroatoms. The predicted octanol–water partition coefficient (Wildman–Crippen LogP) is 4.00. The molecular formula is C19H15N3O. The van der Waals surface area contributed by atoms with Crippen molar-refractivity contribution in [2.45, 2.75) is 6.92 Å². The van der Waals surface area contributed by atoms with Crippen molar-refractivity contribution in [3.8, 4) is 34.3 Å². The van der Waals surface area contributed by atoms with Crippen LogP contribution in [0.3, 0.4) is 0 Å². The third-order valence-corrected chi connectivity index (χ3v) is 3.61. The Kier molecular flexibility index (Phi) is 4.03. The monoisotopic (exact) mass is 301 g/mol. The van der Waals surface area contributed by atoms with E-state index in [1.165, 1.54) is 12.7 Å². The maximum Gasteiger partial charge on any atom is 0.232 e. The van der Waals surface area contributed by atoms with Crippen molar-refractivity contribution in [2.24, 2.45) is 0 Å². The van der Waals surface area contributed by atoms with Gasteiger partial charge in [-0.1, -0.05) is 29.8 Å². The van der Waals surface area contributed by atoms with Crippen LogP contribution in [0.25, 0.3) is 22.4 Å². The zero-order valence-electron chi connectivity index (χ0n) is 12.9. The van der Waals surface area contributed by atoms with Gasteiger partial charge >= 0.3 is 0 Å². The second-order valence-corrected chi connectivity index (χ2v) is 5.16. The summed E-state index contributed by atoms with van der Waals surface area (Å²) in [4.78, 5) is 8.58. The van der Waals surface area contributed by atoms with Crippen LogP contribution in [0, 0.1) is 18.3 Å². The molecule has 0 spiro atoms. The molecule has 4 nitrogen and oxygen atoms in total. The Morgan fingerprint density at radius 1 is 1.09 bits per heavy atom. The van der Waals surface area contributed by atoms with Crippen molar-refractivity contribution in [2.75, 3.05) is 7.11 Å². The summed E-state index contributed by atoms with van der Waals surface area (Å²) in [5.41, 5.74) is 4.97. The van der Waals surface area contributed by atoms with Gasteiger partial charge in [-0.25, -0.2) is 4.98 Å². The van der Waals surface area contributed by atoms with Crippen LogP contribution < -0.4 is 4.74 Å². The van der Waals surface area contributed by atoms with Gasteiger partial charge in [-0.05, 0) is 30.7 Å². The molecule has 0 radical (unpaired) electrons. The van der Waals surface area contributed by atoms with Gasteiger partial charge in [0.1, 0.15) is 11.6 Å². The number of pyridine rings is 2. The number of aromatic nitrogens is 2. The molecule has 0 aliphatic carbocycles. The minimum Gasteiger partial charge on any atom is -0.480 e. The highest BCUT2D eigenvalue weighted by atomic mass is 16.5. The largest absolute Gasteiger partial charge is 0.480 e. The summed E-state index contributed by atoms with van der Waals surface area (Å²) < 4.78 is 5.33. The molecule has 0 saturated heterocycles. The van der Waals surface area contributed by atoms with E-state index in [0.717, 1.165) is 22.4 Å². The molecule has 23 heavy (non-hydrogen) atoms. The molecule has 0 atom stereocenters. The second-order valence-electron chi connectivity index (χ2n) is 5.16. The number of nitriles is 1. The first kappa shape index (κ1) is 14.7. The zero-order valence-corrected chi connectivity index (χ0v) is 12.9. The fourth-order valence-corrected chi connectivity index (χ4v) is 2.40. The fraction of sp³-hybridized carbons (Fsp3) is 0.105. The lowest BCUT2D eigenvalue weighted by atomic mass is 9.98. The third-order valence-electron chi connectivity index (χ3n) is 3.61. The molecule has 2 aromatic heterocycles. The first-order chi connectivity index (χ1) is 11.2. The molecule has 0 saturated carbocycles. The molecule has 0 aliphatic rings. The first-order valence-corrected chi connectivity index (χ1v) is 7.19. The highest BCUT2D eigenvalue weighted by Gasteiger charge is 2.15. The van der Waals surface area contributed by atoms with Gasteiger partial charge in [-0.2, -0.15) is 5.26 Å². The van der Waals surface area contributed by atoms with E-state index in [2.05, 4.69) is 16.0 Å². The zero-order chi connectivity index (χ0) is 16.2. The summed E-state index contributed by atoms with van der Waals surface area (Å²) in [5, 5.41) is 9.53. The van der Waals surface area contributed by atoms with Crippen LogP contribution in [0.1, 0.15) is 11.1 Å². The van der Waals surface area contributed by atoms with Gasteiger partial charge in [0, 0.05) is 23.5 Å². The molecule has 112 valence electrons. The first-order valence-electron chi connectivity index (χ1n) is 7.19. The molecule has 0 aliphatic heterocycles. The lowest BCUT2D eigenvalue weighted by molar-refractivity contribution is 0.397. The minimum absolute atomic E-state index is 0.324. The predicted molar refractivity (Wildman–Crippen MR) is 88.9 cm³/mol. The smallest absolute Gasteiger partial charge is 0.232 e. The van der Waals surface area contributed by atoms with Crippen LogP contribution in [0.4, 0.5) is 0 Å². The van der Waals surface area contributed by atoms with Gasteiger partial charge in [-0.15, -0.1) is 0 Å². The topological polar surface area (TPSA) is 58.8 Å². The van der Waals surface area contributed by atoms with E-state index in [1.807, 2.05) is 49.4 Å². The van der Waals surface area contributed by atoms with Crippen molar-refractivity contribution < 1.29 is 4.74 Å². The van der Waals surface area contributed by atoms with Gasteiger partial charge in [0.2, 0.25) is 5.88 Å². The molecular weight excluding hydrogens is 286 g/mol. The summed E-state index contributed by atoms with van der Waals surface area (Å²) in [6.07, 6.45) is 3.46. The van der Waals surface area contributed by atoms with E-state index < -0.39 is 0 Å². The molecule has 3 rings (SSSR count). The molecule has 1 aromatic carbocycles. The summed E-state index contributed by atoms with van der Waals surface area (Å²) in [6, 6.07) is 15.9. The summed E-state index contributed by atoms with van der Waals surface area (Å²) >= 11 is 0. The van der Waals surface area contributed by atoms with Crippen molar-refractivity contribution in [3.63, 3.8) is 0 Å². The van der Waals surface area contributed by atoms with Crippen molar-refractivity contribution in [1.82, 2.24) is 9.97 Å². The number of methoxy groups -OCH3 is 1. The van der Waals surface area contributed by atoms with Crippen LogP contribution in [-0.2, 0) is 0 Å². The number of hydrogen-bond donors (Lipinski definition) is 0. The van der Waals surface area contributed by atoms with Crippen LogP contribution in [-0.4, -0.2) is 17.1 Å². The maximum atomic E-state index is 9.53. The summed E-state index contributed by atoms with van der Waals surface area (Å²) in [7, 11) is 1.52. The van der Waals surface area contributed by atoms with Crippen molar-refractivity contribution in [3.05, 3.63) is 66.0 Å². The van der Waals surface area contributed by atoms with Crippen LogP contribution in [0.2, 0.25) is 0 Å². The molecule has 2 heterocycles. The van der Waals surface area contributed by atoms with E-state index in [-0.39, 0.29) is 0 Å². The van der Waals surface area contributed by atoms with E-state index in [1.54, 1.807) is 12.4 Å². The fourth-order valence-electron chi connectivity index (χ4n) is 2.40. The lowest BCUT2D eigenvalue weighted by Gasteiger charge is -2.11. The molecule has 0 unspecified atom stereocenters. The minimum atomic E-state index is 0.324. The van der Waals surface area contributed by atoms with E-state index in [4.69, 9.17) is 4.74 Å². The number of nitrogens with zero attached hydrogens (tertiary/aromatic N) is 3. The normalized spacial score (nSPS) is 10.1. The van der Waals surface area contributed by atoms with Gasteiger partial charge in [-0.3, -0.25) is 4.98 Å². The Morgan fingerprint density at radius 3 is 2.48 bits per heavy atom. The lowest BCUT2D eigenvalue weighted by Crippen LogP contribution is -1.98. The highest BCUT2D eigenvalue weighted by molar-refractivity contribution is 5.77. The van der Waals surface area contributed by atoms with Gasteiger partial charge in [0.05, 0.1) is 12.8 Å². The van der Waals surface area contributed by atoms with Crippen molar-refractivity contribution >= 4 is 0 Å². The molecule has 3 aromatic rings. The number of aryl methyl sites for hydroxylation is 1. The Labute approximate surface area is 135 Å². The maximum absolute atomic E-state index is 9.53. The average molecular weight is 301 g/mol. The number of ether oxygens (including phenoxy) is 1. The summed E-state index contributed by atoms with van der Waals surface area (Å²) in [6.45, 7) is 2.03. The van der Waals surface area contributed by atoms with Gasteiger partial charge in [0.25, 0.3) is 0 Å². The Balaban J connectivity index is 2.25. The van der Waals surface area contributed by atoms with Crippen LogP contribution in [0.5, 0.6) is 5.88 Å². The molecule has 0 bridgehead atoms. The number of hydrogen-bond acceptors (Lipinski definition) is 4. The Hall–Kier alpha value is -3.19. The Morgan fingerprint density at radius 2 is 1.87 bits per heavy atom. The standard InChI is InChI=1S/C19H15N3O/c1-13-5-7-14(8-6-13)16-10-18(15-4-3-9-21-12-15)22-19(23-2)17(16)11-20/h3-10,12H,1-2H3. The van der Waals surface area contributed by atoms with Crippen molar-refractivity contribution in [1.29, 1.82) is 5.26 Å². The van der Waals surface area contributed by atoms with Gasteiger partial charge in [0.15, 0.2) is 0 Å². The van der Waals surface area contributed by atoms with E-state index >= 15 is 0 Å². The molecule has 0 fully saturated rings. The third kappa shape index (κ3) is 2.90. The van der Waals surface area contributed by atoms with E-state index in [0.29, 0.717) is 11.4 Å². The summed E-state index contributed by atoms with van der Waals surface area (Å²) in [5.74, 6) is 0.324. The SMILES string of the molecule is COc1nc(-c2cccnc2)cc(-c2ccc(C)cc2)c1C#N. The van der Waals surface area contributed by atoms with Crippen LogP contribution >= 0.6 is 0 Å². The average Bonchev–Trinajstić information content (AvgIpc) is 2.62.